The van der Waals surface area contributed by atoms with Gasteiger partial charge in [0.2, 0.25) is 5.91 Å². The molecule has 5 heteroatoms. The van der Waals surface area contributed by atoms with Gasteiger partial charge in [-0.1, -0.05) is 11.6 Å². The zero-order chi connectivity index (χ0) is 11.0. The van der Waals surface area contributed by atoms with Gasteiger partial charge in [-0.3, -0.25) is 9.59 Å². The monoisotopic (exact) mass is 227 g/mol. The van der Waals surface area contributed by atoms with Crippen LogP contribution in [0, 0.1) is 5.82 Å². The normalized spacial score (nSPS) is 16.3. The van der Waals surface area contributed by atoms with Crippen LogP contribution in [-0.2, 0) is 9.59 Å². The number of benzene rings is 1. The largest absolute Gasteiger partial charge is 0.304 e. The molecule has 78 valence electrons. The number of hydrogen-bond donors (Lipinski definition) is 0. The van der Waals surface area contributed by atoms with Crippen LogP contribution in [0.4, 0.5) is 10.1 Å². The van der Waals surface area contributed by atoms with Crippen molar-refractivity contribution < 1.29 is 14.0 Å². The van der Waals surface area contributed by atoms with Crippen molar-refractivity contribution >= 4 is 29.0 Å². The van der Waals surface area contributed by atoms with Gasteiger partial charge in [0.1, 0.15) is 5.82 Å². The van der Waals surface area contributed by atoms with Gasteiger partial charge < -0.3 is 4.90 Å². The van der Waals surface area contributed by atoms with E-state index in [9.17, 15) is 14.0 Å². The van der Waals surface area contributed by atoms with Gasteiger partial charge in [0.05, 0.1) is 13.0 Å². The lowest BCUT2D eigenvalue weighted by atomic mass is 10.3. The molecule has 1 saturated heterocycles. The Kier molecular flexibility index (Phi) is 2.44. The fourth-order valence-electron chi connectivity index (χ4n) is 1.51. The third-order valence-electron chi connectivity index (χ3n) is 2.14. The average Bonchev–Trinajstić information content (AvgIpc) is 2.43. The van der Waals surface area contributed by atoms with Crippen molar-refractivity contribution in [2.45, 2.75) is 6.42 Å². The second kappa shape index (κ2) is 3.62. The van der Waals surface area contributed by atoms with E-state index in [1.807, 2.05) is 0 Å². The first-order valence-electron chi connectivity index (χ1n) is 4.34. The summed E-state index contributed by atoms with van der Waals surface area (Å²) in [7, 11) is 0. The lowest BCUT2D eigenvalue weighted by Crippen LogP contribution is -2.24. The standard InChI is InChI=1S/C10H7ClFNO2/c11-6-1-7(12)3-8(2-6)13-5-9(14)4-10(13)15/h1-3H,4-5H2. The minimum Gasteiger partial charge on any atom is -0.304 e. The SMILES string of the molecule is O=C1CC(=O)N(c2cc(F)cc(Cl)c2)C1. The summed E-state index contributed by atoms with van der Waals surface area (Å²) in [6.07, 6.45) is -0.117. The molecule has 0 aromatic heterocycles. The van der Waals surface area contributed by atoms with E-state index in [0.717, 1.165) is 6.07 Å². The summed E-state index contributed by atoms with van der Waals surface area (Å²) in [5.74, 6) is -1.01. The lowest BCUT2D eigenvalue weighted by Gasteiger charge is -2.14. The van der Waals surface area contributed by atoms with Crippen LogP contribution in [0.15, 0.2) is 18.2 Å². The molecule has 1 aromatic rings. The molecular weight excluding hydrogens is 221 g/mol. The van der Waals surface area contributed by atoms with Crippen LogP contribution in [0.5, 0.6) is 0 Å². The predicted molar refractivity (Wildman–Crippen MR) is 53.4 cm³/mol. The van der Waals surface area contributed by atoms with Gasteiger partial charge in [-0.2, -0.15) is 0 Å². The summed E-state index contributed by atoms with van der Waals surface area (Å²) in [5.41, 5.74) is 0.329. The van der Waals surface area contributed by atoms with Crippen molar-refractivity contribution in [3.8, 4) is 0 Å². The average molecular weight is 228 g/mol. The third kappa shape index (κ3) is 1.99. The number of carbonyl (C=O) groups excluding carboxylic acids is 2. The Labute approximate surface area is 90.4 Å². The minimum atomic E-state index is -0.523. The third-order valence-corrected chi connectivity index (χ3v) is 2.36. The Morgan fingerprint density at radius 1 is 1.27 bits per heavy atom. The number of carbonyl (C=O) groups is 2. The first-order chi connectivity index (χ1) is 7.06. The maximum absolute atomic E-state index is 13.0. The molecule has 1 heterocycles. The van der Waals surface area contributed by atoms with E-state index in [1.54, 1.807) is 0 Å². The summed E-state index contributed by atoms with van der Waals surface area (Å²) >= 11 is 5.65. The van der Waals surface area contributed by atoms with Crippen LogP contribution in [0.1, 0.15) is 6.42 Å². The van der Waals surface area contributed by atoms with Gasteiger partial charge in [-0.05, 0) is 18.2 Å². The number of rotatable bonds is 1. The summed E-state index contributed by atoms with van der Waals surface area (Å²) in [4.78, 5) is 23.6. The summed E-state index contributed by atoms with van der Waals surface area (Å²) < 4.78 is 13.0. The molecule has 1 aromatic carbocycles. The summed E-state index contributed by atoms with van der Waals surface area (Å²) in [5, 5.41) is 0.206. The van der Waals surface area contributed by atoms with Crippen LogP contribution in [0.25, 0.3) is 0 Å². The Balaban J connectivity index is 2.37. The highest BCUT2D eigenvalue weighted by atomic mass is 35.5. The maximum atomic E-state index is 13.0. The number of hydrogen-bond acceptors (Lipinski definition) is 2. The molecule has 0 radical (unpaired) electrons. The van der Waals surface area contributed by atoms with Crippen LogP contribution in [0.2, 0.25) is 5.02 Å². The number of nitrogens with zero attached hydrogens (tertiary/aromatic N) is 1. The van der Waals surface area contributed by atoms with E-state index >= 15 is 0 Å². The topological polar surface area (TPSA) is 37.4 Å². The van der Waals surface area contributed by atoms with E-state index in [4.69, 9.17) is 11.6 Å². The Bertz CT molecular complexity index is 427. The maximum Gasteiger partial charge on any atom is 0.234 e. The first-order valence-corrected chi connectivity index (χ1v) is 4.72. The molecule has 0 atom stereocenters. The minimum absolute atomic E-state index is 0.00137. The molecule has 1 aliphatic rings. The van der Waals surface area contributed by atoms with Crippen molar-refractivity contribution in [1.29, 1.82) is 0 Å². The Hall–Kier alpha value is -1.42. The van der Waals surface area contributed by atoms with Crippen molar-refractivity contribution in [2.75, 3.05) is 11.4 Å². The molecule has 0 bridgehead atoms. The quantitative estimate of drug-likeness (QED) is 0.686. The van der Waals surface area contributed by atoms with Gasteiger partial charge in [-0.15, -0.1) is 0 Å². The molecule has 3 nitrogen and oxygen atoms in total. The molecular formula is C10H7ClFNO2. The van der Waals surface area contributed by atoms with Gasteiger partial charge >= 0.3 is 0 Å². The van der Waals surface area contributed by atoms with E-state index in [1.165, 1.54) is 17.0 Å². The first kappa shape index (κ1) is 10.1. The van der Waals surface area contributed by atoms with Crippen molar-refractivity contribution in [3.05, 3.63) is 29.0 Å². The van der Waals surface area contributed by atoms with E-state index in [-0.39, 0.29) is 29.7 Å². The molecule has 0 N–H and O–H groups in total. The Morgan fingerprint density at radius 2 is 2.00 bits per heavy atom. The van der Waals surface area contributed by atoms with Gasteiger partial charge in [-0.25, -0.2) is 4.39 Å². The molecule has 0 spiro atoms. The van der Waals surface area contributed by atoms with Crippen LogP contribution in [0.3, 0.4) is 0 Å². The summed E-state index contributed by atoms with van der Waals surface area (Å²) in [6.45, 7) is -0.00137. The number of ketones is 1. The van der Waals surface area contributed by atoms with Gasteiger partial charge in [0.25, 0.3) is 0 Å². The molecule has 0 saturated carbocycles. The molecule has 1 fully saturated rings. The fraction of sp³-hybridized carbons (Fsp3) is 0.200. The molecule has 1 amide bonds. The number of halogens is 2. The zero-order valence-corrected chi connectivity index (χ0v) is 8.42. The van der Waals surface area contributed by atoms with Crippen molar-refractivity contribution in [1.82, 2.24) is 0 Å². The van der Waals surface area contributed by atoms with E-state index in [2.05, 4.69) is 0 Å². The zero-order valence-electron chi connectivity index (χ0n) is 7.67. The molecule has 1 aliphatic heterocycles. The van der Waals surface area contributed by atoms with Crippen LogP contribution >= 0.6 is 11.6 Å². The predicted octanol–water partition coefficient (Wildman–Crippen LogP) is 1.78. The van der Waals surface area contributed by atoms with Crippen molar-refractivity contribution in [2.24, 2.45) is 0 Å². The van der Waals surface area contributed by atoms with Crippen LogP contribution < -0.4 is 4.90 Å². The van der Waals surface area contributed by atoms with Crippen LogP contribution in [-0.4, -0.2) is 18.2 Å². The highest BCUT2D eigenvalue weighted by Crippen LogP contribution is 2.24. The van der Waals surface area contributed by atoms with Gasteiger partial charge in [0, 0.05) is 10.7 Å². The smallest absolute Gasteiger partial charge is 0.234 e. The molecule has 0 unspecified atom stereocenters. The number of Topliss-reactive ketones (excluding diaryl/α,β-unsaturated/α-hetero) is 1. The summed E-state index contributed by atoms with van der Waals surface area (Å²) in [6, 6.07) is 3.79. The Morgan fingerprint density at radius 3 is 2.53 bits per heavy atom. The van der Waals surface area contributed by atoms with Crippen molar-refractivity contribution in [3.63, 3.8) is 0 Å². The second-order valence-corrected chi connectivity index (χ2v) is 3.76. The van der Waals surface area contributed by atoms with E-state index in [0.29, 0.717) is 5.69 Å². The molecule has 2 rings (SSSR count). The highest BCUT2D eigenvalue weighted by molar-refractivity contribution is 6.31. The van der Waals surface area contributed by atoms with Gasteiger partial charge in [0.15, 0.2) is 5.78 Å². The van der Waals surface area contributed by atoms with E-state index < -0.39 is 5.82 Å². The number of anilines is 1. The lowest BCUT2D eigenvalue weighted by molar-refractivity contribution is -0.121. The second-order valence-electron chi connectivity index (χ2n) is 3.32. The number of amides is 1. The molecule has 0 aliphatic carbocycles. The fourth-order valence-corrected chi connectivity index (χ4v) is 1.73. The molecule has 15 heavy (non-hydrogen) atoms. The highest BCUT2D eigenvalue weighted by Gasteiger charge is 2.28.